The third-order valence-electron chi connectivity index (χ3n) is 8.13. The molecule has 2 heterocycles. The summed E-state index contributed by atoms with van der Waals surface area (Å²) >= 11 is 0. The van der Waals surface area contributed by atoms with E-state index in [0.29, 0.717) is 42.1 Å². The number of pyridine rings is 1. The van der Waals surface area contributed by atoms with Gasteiger partial charge in [-0.2, -0.15) is 0 Å². The lowest BCUT2D eigenvalue weighted by atomic mass is 10.0. The molecule has 0 unspecified atom stereocenters. The Morgan fingerprint density at radius 3 is 2.56 bits per heavy atom. The molecule has 248 valence electrons. The van der Waals surface area contributed by atoms with Crippen molar-refractivity contribution in [1.82, 2.24) is 19.7 Å². The van der Waals surface area contributed by atoms with Crippen LogP contribution < -0.4 is 10.1 Å². The Morgan fingerprint density at radius 1 is 1.13 bits per heavy atom. The molecule has 4 atom stereocenters. The Hall–Kier alpha value is -3.54. The Kier molecular flexibility index (Phi) is 14.2. The molecule has 0 radical (unpaired) electrons. The summed E-state index contributed by atoms with van der Waals surface area (Å²) in [5.41, 5.74) is 1.18. The molecule has 1 aromatic heterocycles. The van der Waals surface area contributed by atoms with Gasteiger partial charge in [-0.05, 0) is 90.5 Å². The van der Waals surface area contributed by atoms with Gasteiger partial charge in [-0.1, -0.05) is 6.92 Å². The minimum atomic E-state index is -0.501. The molecular weight excluding hydrogens is 574 g/mol. The number of ether oxygens (including phenoxy) is 2. The van der Waals surface area contributed by atoms with Gasteiger partial charge in [0.1, 0.15) is 5.75 Å². The van der Waals surface area contributed by atoms with Gasteiger partial charge >= 0.3 is 0 Å². The van der Waals surface area contributed by atoms with E-state index in [1.54, 1.807) is 66.5 Å². The summed E-state index contributed by atoms with van der Waals surface area (Å²) in [5.74, 6) is -0.319. The van der Waals surface area contributed by atoms with Gasteiger partial charge in [0.2, 0.25) is 5.91 Å². The Morgan fingerprint density at radius 2 is 1.87 bits per heavy atom. The molecular formula is C34H51N5O6. The molecule has 45 heavy (non-hydrogen) atoms. The number of aliphatic hydroxyl groups excluding tert-OH is 1. The smallest absolute Gasteiger partial charge is 0.258 e. The van der Waals surface area contributed by atoms with Crippen LogP contribution >= 0.6 is 0 Å². The van der Waals surface area contributed by atoms with Crippen molar-refractivity contribution in [2.24, 2.45) is 5.92 Å². The van der Waals surface area contributed by atoms with Crippen LogP contribution in [0.3, 0.4) is 0 Å². The first-order valence-corrected chi connectivity index (χ1v) is 15.9. The number of carbonyl (C=O) groups excluding carboxylic acids is 3. The second-order valence-electron chi connectivity index (χ2n) is 12.4. The quantitative estimate of drug-likeness (QED) is 0.407. The number of nitrogens with zero attached hydrogens (tertiary/aromatic N) is 4. The fraction of sp³-hybridized carbons (Fsp3) is 0.588. The lowest BCUT2D eigenvalue weighted by molar-refractivity contribution is -0.132. The molecule has 0 spiro atoms. The van der Waals surface area contributed by atoms with E-state index in [1.165, 1.54) is 0 Å². The predicted molar refractivity (Wildman–Crippen MR) is 174 cm³/mol. The zero-order valence-electron chi connectivity index (χ0n) is 27.7. The summed E-state index contributed by atoms with van der Waals surface area (Å²) in [7, 11) is 5.78. The van der Waals surface area contributed by atoms with Crippen LogP contribution in [-0.2, 0) is 9.53 Å². The number of aliphatic hydroxyl groups is 1. The number of rotatable bonds is 10. The molecule has 2 aromatic rings. The van der Waals surface area contributed by atoms with Gasteiger partial charge < -0.3 is 34.6 Å². The minimum Gasteiger partial charge on any atom is -0.490 e. The predicted octanol–water partition coefficient (Wildman–Crippen LogP) is 3.93. The standard InChI is InChI=1S/C34H51N5O6/c1-24-21-39(25(2)23-40)34(43)29-20-28(36-33(42)27-14-16-35-17-15-27)12-13-30(29)45-26(3)10-7-8-19-44-31(24)22-38(6)32(41)11-9-18-37(4)5/h12-17,20,24-26,31,40H,7-11,18-19,21-23H2,1-6H3,(H,36,42)/t24-,25+,26+,31+/m0/s1. The number of nitrogens with one attached hydrogen (secondary N) is 1. The first kappa shape index (κ1) is 35.9. The average Bonchev–Trinajstić information content (AvgIpc) is 3.02. The fourth-order valence-electron chi connectivity index (χ4n) is 5.28. The summed E-state index contributed by atoms with van der Waals surface area (Å²) in [6.07, 6.45) is 6.31. The van der Waals surface area contributed by atoms with E-state index in [9.17, 15) is 19.5 Å². The highest BCUT2D eigenvalue weighted by atomic mass is 16.5. The monoisotopic (exact) mass is 625 g/mol. The molecule has 1 aromatic carbocycles. The molecule has 3 amide bonds. The maximum atomic E-state index is 14.3. The average molecular weight is 626 g/mol. The van der Waals surface area contributed by atoms with Crippen LogP contribution in [0.4, 0.5) is 5.69 Å². The van der Waals surface area contributed by atoms with E-state index in [0.717, 1.165) is 32.2 Å². The molecule has 0 fully saturated rings. The number of likely N-dealkylation sites (N-methyl/N-ethyl adjacent to an activating group) is 1. The number of anilines is 1. The lowest BCUT2D eigenvalue weighted by Gasteiger charge is -2.36. The van der Waals surface area contributed by atoms with Crippen molar-refractivity contribution in [3.63, 3.8) is 0 Å². The van der Waals surface area contributed by atoms with Gasteiger partial charge in [-0.25, -0.2) is 0 Å². The van der Waals surface area contributed by atoms with Crippen LogP contribution in [0.1, 0.15) is 73.6 Å². The number of hydrogen-bond acceptors (Lipinski definition) is 8. The highest BCUT2D eigenvalue weighted by molar-refractivity contribution is 6.05. The van der Waals surface area contributed by atoms with E-state index in [1.807, 2.05) is 27.9 Å². The first-order chi connectivity index (χ1) is 21.5. The SMILES string of the molecule is C[C@@H]1CCCCO[C@H](CN(C)C(=O)CCCN(C)C)[C@@H](C)CN([C@H](C)CO)C(=O)c2cc(NC(=O)c3ccncc3)ccc2O1. The van der Waals surface area contributed by atoms with Gasteiger partial charge in [0.15, 0.2) is 0 Å². The summed E-state index contributed by atoms with van der Waals surface area (Å²) in [6, 6.07) is 7.79. The summed E-state index contributed by atoms with van der Waals surface area (Å²) in [4.78, 5) is 49.5. The number of carbonyl (C=O) groups is 3. The number of hydrogen-bond donors (Lipinski definition) is 2. The highest BCUT2D eigenvalue weighted by Gasteiger charge is 2.31. The highest BCUT2D eigenvalue weighted by Crippen LogP contribution is 2.29. The van der Waals surface area contributed by atoms with Crippen molar-refractivity contribution in [1.29, 1.82) is 0 Å². The molecule has 0 saturated heterocycles. The van der Waals surface area contributed by atoms with E-state index in [-0.39, 0.29) is 49.0 Å². The zero-order chi connectivity index (χ0) is 32.9. The molecule has 1 aliphatic rings. The van der Waals surface area contributed by atoms with Crippen LogP contribution in [0.15, 0.2) is 42.7 Å². The Labute approximate surface area is 267 Å². The molecule has 0 aliphatic carbocycles. The van der Waals surface area contributed by atoms with Crippen LogP contribution in [0, 0.1) is 5.92 Å². The third-order valence-corrected chi connectivity index (χ3v) is 8.13. The maximum Gasteiger partial charge on any atom is 0.258 e. The molecule has 11 heteroatoms. The Bertz CT molecular complexity index is 1240. The van der Waals surface area contributed by atoms with Crippen molar-refractivity contribution >= 4 is 23.4 Å². The number of benzene rings is 1. The number of amides is 3. The number of aromatic nitrogens is 1. The van der Waals surface area contributed by atoms with Crippen molar-refractivity contribution in [3.05, 3.63) is 53.9 Å². The normalized spacial score (nSPS) is 20.5. The second kappa shape index (κ2) is 17.8. The van der Waals surface area contributed by atoms with E-state index >= 15 is 0 Å². The summed E-state index contributed by atoms with van der Waals surface area (Å²) < 4.78 is 12.6. The first-order valence-electron chi connectivity index (χ1n) is 15.9. The lowest BCUT2D eigenvalue weighted by Crippen LogP contribution is -2.48. The summed E-state index contributed by atoms with van der Waals surface area (Å²) in [5, 5.41) is 13.1. The van der Waals surface area contributed by atoms with E-state index in [4.69, 9.17) is 9.47 Å². The van der Waals surface area contributed by atoms with Crippen molar-refractivity contribution < 1.29 is 29.0 Å². The Balaban J connectivity index is 1.89. The van der Waals surface area contributed by atoms with Crippen LogP contribution in [-0.4, -0.2) is 115 Å². The van der Waals surface area contributed by atoms with Crippen molar-refractivity contribution in [3.8, 4) is 5.75 Å². The topological polar surface area (TPSA) is 125 Å². The molecule has 1 aliphatic heterocycles. The zero-order valence-corrected chi connectivity index (χ0v) is 27.7. The number of fused-ring (bicyclic) bond motifs is 1. The van der Waals surface area contributed by atoms with Gasteiger partial charge in [0.05, 0.1) is 30.4 Å². The van der Waals surface area contributed by atoms with Gasteiger partial charge in [0, 0.05) is 62.7 Å². The fourth-order valence-corrected chi connectivity index (χ4v) is 5.28. The molecule has 2 N–H and O–H groups in total. The van der Waals surface area contributed by atoms with Crippen LogP contribution in [0.2, 0.25) is 0 Å². The molecule has 3 rings (SSSR count). The van der Waals surface area contributed by atoms with Crippen molar-refractivity contribution in [2.45, 2.75) is 71.1 Å². The largest absolute Gasteiger partial charge is 0.490 e. The maximum absolute atomic E-state index is 14.3. The molecule has 11 nitrogen and oxygen atoms in total. The minimum absolute atomic E-state index is 0.0601. The van der Waals surface area contributed by atoms with Gasteiger partial charge in [-0.3, -0.25) is 19.4 Å². The van der Waals surface area contributed by atoms with E-state index < -0.39 is 6.04 Å². The van der Waals surface area contributed by atoms with Gasteiger partial charge in [0.25, 0.3) is 11.8 Å². The van der Waals surface area contributed by atoms with Crippen LogP contribution in [0.25, 0.3) is 0 Å². The van der Waals surface area contributed by atoms with Gasteiger partial charge in [-0.15, -0.1) is 0 Å². The third kappa shape index (κ3) is 11.1. The van der Waals surface area contributed by atoms with Crippen molar-refractivity contribution in [2.75, 3.05) is 59.3 Å². The second-order valence-corrected chi connectivity index (χ2v) is 12.4. The van der Waals surface area contributed by atoms with E-state index in [2.05, 4.69) is 15.2 Å². The summed E-state index contributed by atoms with van der Waals surface area (Å²) in [6.45, 7) is 7.60. The molecule has 0 bridgehead atoms. The van der Waals surface area contributed by atoms with Crippen LogP contribution in [0.5, 0.6) is 5.75 Å². The molecule has 0 saturated carbocycles.